The van der Waals surface area contributed by atoms with Crippen molar-refractivity contribution in [1.29, 1.82) is 0 Å². The number of piperazine rings is 1. The summed E-state index contributed by atoms with van der Waals surface area (Å²) < 4.78 is 2.34. The van der Waals surface area contributed by atoms with Crippen LogP contribution >= 0.6 is 34.8 Å². The molecule has 180 valence electrons. The van der Waals surface area contributed by atoms with Crippen LogP contribution in [0.3, 0.4) is 0 Å². The van der Waals surface area contributed by atoms with E-state index in [0.717, 1.165) is 78.1 Å². The number of hydrogen-bond acceptors (Lipinski definition) is 5. The molecule has 1 aliphatic heterocycles. The highest BCUT2D eigenvalue weighted by Gasteiger charge is 2.28. The summed E-state index contributed by atoms with van der Waals surface area (Å²) in [5.41, 5.74) is 3.92. The molecule has 1 saturated heterocycles. The van der Waals surface area contributed by atoms with Crippen molar-refractivity contribution in [3.05, 3.63) is 63.9 Å². The van der Waals surface area contributed by atoms with E-state index in [1.165, 1.54) is 12.8 Å². The van der Waals surface area contributed by atoms with Gasteiger partial charge in [-0.3, -0.25) is 0 Å². The quantitative estimate of drug-likeness (QED) is 0.289. The highest BCUT2D eigenvalue weighted by molar-refractivity contribution is 6.42. The minimum Gasteiger partial charge on any atom is -0.368 e. The summed E-state index contributed by atoms with van der Waals surface area (Å²) in [6, 6.07) is 14.1. The number of rotatable bonds is 4. The van der Waals surface area contributed by atoms with Crippen LogP contribution in [0.15, 0.2) is 48.8 Å². The van der Waals surface area contributed by atoms with Gasteiger partial charge in [-0.25, -0.2) is 15.0 Å². The van der Waals surface area contributed by atoms with Gasteiger partial charge in [-0.2, -0.15) is 0 Å². The van der Waals surface area contributed by atoms with E-state index >= 15 is 0 Å². The van der Waals surface area contributed by atoms with E-state index in [1.807, 2.05) is 42.5 Å². The van der Waals surface area contributed by atoms with Crippen LogP contribution in [0.2, 0.25) is 15.1 Å². The van der Waals surface area contributed by atoms with E-state index in [0.29, 0.717) is 16.1 Å². The fourth-order valence-corrected chi connectivity index (χ4v) is 5.72. The minimum absolute atomic E-state index is 0.403. The van der Waals surface area contributed by atoms with Gasteiger partial charge in [0.25, 0.3) is 0 Å². The fourth-order valence-electron chi connectivity index (χ4n) is 5.30. The normalized spacial score (nSPS) is 17.0. The summed E-state index contributed by atoms with van der Waals surface area (Å²) in [6.07, 6.45) is 6.45. The molecule has 2 aromatic heterocycles. The van der Waals surface area contributed by atoms with Gasteiger partial charge in [0.1, 0.15) is 12.2 Å². The van der Waals surface area contributed by atoms with Gasteiger partial charge in [0, 0.05) is 48.5 Å². The van der Waals surface area contributed by atoms with Crippen LogP contribution in [0.5, 0.6) is 0 Å². The molecule has 0 N–H and O–H groups in total. The Morgan fingerprint density at radius 1 is 0.771 bits per heavy atom. The lowest BCUT2D eigenvalue weighted by molar-refractivity contribution is 0.534. The van der Waals surface area contributed by atoms with Gasteiger partial charge >= 0.3 is 0 Å². The number of benzene rings is 2. The molecule has 0 atom stereocenters. The maximum Gasteiger partial charge on any atom is 0.166 e. The summed E-state index contributed by atoms with van der Waals surface area (Å²) in [7, 11) is 0. The van der Waals surface area contributed by atoms with Gasteiger partial charge in [-0.1, -0.05) is 47.6 Å². The van der Waals surface area contributed by atoms with Crippen LogP contribution < -0.4 is 9.80 Å². The number of aromatic nitrogens is 4. The van der Waals surface area contributed by atoms with Crippen molar-refractivity contribution in [3.63, 3.8) is 0 Å². The summed E-state index contributed by atoms with van der Waals surface area (Å²) in [5.74, 6) is 1.84. The van der Waals surface area contributed by atoms with Gasteiger partial charge in [-0.05, 0) is 55.3 Å². The van der Waals surface area contributed by atoms with E-state index in [9.17, 15) is 0 Å². The first-order chi connectivity index (χ1) is 17.1. The van der Waals surface area contributed by atoms with Crippen LogP contribution in [0.1, 0.15) is 31.7 Å². The van der Waals surface area contributed by atoms with E-state index in [4.69, 9.17) is 49.8 Å². The second kappa shape index (κ2) is 9.49. The Labute approximate surface area is 219 Å². The Hall–Kier alpha value is -2.54. The van der Waals surface area contributed by atoms with Crippen molar-refractivity contribution in [2.45, 2.75) is 31.7 Å². The third-order valence-electron chi connectivity index (χ3n) is 7.10. The lowest BCUT2D eigenvalue weighted by Crippen LogP contribution is -2.47. The summed E-state index contributed by atoms with van der Waals surface area (Å²) in [5, 5.41) is 1.88. The molecular weight excluding hydrogens is 503 g/mol. The van der Waals surface area contributed by atoms with E-state index in [1.54, 1.807) is 6.33 Å². The Bertz CT molecular complexity index is 1360. The van der Waals surface area contributed by atoms with Gasteiger partial charge in [0.05, 0.1) is 10.0 Å². The first kappa shape index (κ1) is 22.9. The van der Waals surface area contributed by atoms with Crippen molar-refractivity contribution < 1.29 is 0 Å². The molecule has 0 radical (unpaired) electrons. The molecule has 9 heteroatoms. The Morgan fingerprint density at radius 3 is 2.20 bits per heavy atom. The monoisotopic (exact) mass is 526 g/mol. The van der Waals surface area contributed by atoms with Crippen molar-refractivity contribution in [2.75, 3.05) is 36.0 Å². The molecule has 0 unspecified atom stereocenters. The SMILES string of the molecule is Clc1ccc(-c2nc3c(N4CCN(c5ccc(Cl)c(Cl)c5)CC4)ncnc3n2C2CCCC2)cc1. The molecule has 35 heavy (non-hydrogen) atoms. The largest absolute Gasteiger partial charge is 0.368 e. The van der Waals surface area contributed by atoms with Crippen LogP contribution in [0.25, 0.3) is 22.6 Å². The molecule has 3 heterocycles. The molecule has 0 bridgehead atoms. The third-order valence-corrected chi connectivity index (χ3v) is 8.09. The lowest BCUT2D eigenvalue weighted by Gasteiger charge is -2.36. The van der Waals surface area contributed by atoms with Crippen LogP contribution in [-0.2, 0) is 0 Å². The van der Waals surface area contributed by atoms with E-state index in [-0.39, 0.29) is 0 Å². The average molecular weight is 528 g/mol. The second-order valence-electron chi connectivity index (χ2n) is 9.19. The van der Waals surface area contributed by atoms with Gasteiger partial charge in [-0.15, -0.1) is 0 Å². The van der Waals surface area contributed by atoms with Gasteiger partial charge < -0.3 is 14.4 Å². The fraction of sp³-hybridized carbons (Fsp3) is 0.346. The zero-order valence-electron chi connectivity index (χ0n) is 19.2. The molecular formula is C26H25Cl3N6. The number of hydrogen-bond donors (Lipinski definition) is 0. The molecule has 2 aliphatic rings. The highest BCUT2D eigenvalue weighted by Crippen LogP contribution is 2.38. The molecule has 0 amide bonds. The lowest BCUT2D eigenvalue weighted by atomic mass is 10.2. The number of halogens is 3. The van der Waals surface area contributed by atoms with Crippen molar-refractivity contribution >= 4 is 57.5 Å². The molecule has 4 aromatic rings. The average Bonchev–Trinajstić information content (AvgIpc) is 3.54. The highest BCUT2D eigenvalue weighted by atomic mass is 35.5. The number of anilines is 2. The van der Waals surface area contributed by atoms with E-state index < -0.39 is 0 Å². The van der Waals surface area contributed by atoms with Crippen molar-refractivity contribution in [1.82, 2.24) is 19.5 Å². The summed E-state index contributed by atoms with van der Waals surface area (Å²) in [6.45, 7) is 3.38. The Kier molecular flexibility index (Phi) is 6.21. The predicted octanol–water partition coefficient (Wildman–Crippen LogP) is 6.90. The van der Waals surface area contributed by atoms with Crippen molar-refractivity contribution in [2.24, 2.45) is 0 Å². The molecule has 1 saturated carbocycles. The molecule has 2 aromatic carbocycles. The zero-order chi connectivity index (χ0) is 23.9. The topological polar surface area (TPSA) is 50.1 Å². The van der Waals surface area contributed by atoms with Crippen LogP contribution in [-0.4, -0.2) is 45.7 Å². The maximum absolute atomic E-state index is 6.25. The van der Waals surface area contributed by atoms with E-state index in [2.05, 4.69) is 14.4 Å². The number of nitrogens with zero attached hydrogens (tertiary/aromatic N) is 6. The molecule has 6 nitrogen and oxygen atoms in total. The third kappa shape index (κ3) is 4.32. The zero-order valence-corrected chi connectivity index (χ0v) is 21.4. The Balaban J connectivity index is 1.34. The smallest absolute Gasteiger partial charge is 0.166 e. The second-order valence-corrected chi connectivity index (χ2v) is 10.4. The first-order valence-electron chi connectivity index (χ1n) is 12.0. The maximum atomic E-state index is 6.25. The minimum atomic E-state index is 0.403. The van der Waals surface area contributed by atoms with Crippen LogP contribution in [0.4, 0.5) is 11.5 Å². The number of imidazole rings is 1. The standard InChI is InChI=1S/C26H25Cl3N6/c27-18-7-5-17(6-8-18)24-32-23-25(30-16-31-26(23)35(24)19-3-1-2-4-19)34-13-11-33(12-14-34)20-9-10-21(28)22(29)15-20/h5-10,15-16,19H,1-4,11-14H2. The number of fused-ring (bicyclic) bond motifs is 1. The van der Waals surface area contributed by atoms with Gasteiger partial charge in [0.15, 0.2) is 17.0 Å². The van der Waals surface area contributed by atoms with Crippen LogP contribution in [0, 0.1) is 0 Å². The molecule has 0 spiro atoms. The Morgan fingerprint density at radius 2 is 1.49 bits per heavy atom. The summed E-state index contributed by atoms with van der Waals surface area (Å²) >= 11 is 18.5. The molecule has 1 aliphatic carbocycles. The predicted molar refractivity (Wildman–Crippen MR) is 144 cm³/mol. The van der Waals surface area contributed by atoms with Crippen molar-refractivity contribution in [3.8, 4) is 11.4 Å². The molecule has 6 rings (SSSR count). The first-order valence-corrected chi connectivity index (χ1v) is 13.2. The molecule has 2 fully saturated rings. The summed E-state index contributed by atoms with van der Waals surface area (Å²) in [4.78, 5) is 19.2. The van der Waals surface area contributed by atoms with Gasteiger partial charge in [0.2, 0.25) is 0 Å².